The molecule has 1 aromatic heterocycles. The molecule has 9 heteroatoms. The number of hydrogen-bond donors (Lipinski definition) is 1. The minimum atomic E-state index is -3.04. The number of alkyl halides is 4. The fourth-order valence-corrected chi connectivity index (χ4v) is 4.42. The summed E-state index contributed by atoms with van der Waals surface area (Å²) in [5.74, 6) is -3.04. The lowest BCUT2D eigenvalue weighted by molar-refractivity contribution is -0.0302. The van der Waals surface area contributed by atoms with Gasteiger partial charge >= 0.3 is 0 Å². The van der Waals surface area contributed by atoms with Gasteiger partial charge < -0.3 is 10.2 Å². The maximum Gasteiger partial charge on any atom is 0.280 e. The molecule has 0 aromatic carbocycles. The van der Waals surface area contributed by atoms with E-state index in [2.05, 4.69) is 15.2 Å². The van der Waals surface area contributed by atoms with Crippen LogP contribution in [0, 0.1) is 0 Å². The Labute approximate surface area is 148 Å². The van der Waals surface area contributed by atoms with Gasteiger partial charge in [0.05, 0.1) is 6.04 Å². The molecular formula is C16H19ClF4N4. The average molecular weight is 379 g/mol. The Balaban J connectivity index is 1.71. The molecule has 138 valence electrons. The molecule has 3 aliphatic heterocycles. The normalized spacial score (nSPS) is 29.0. The van der Waals surface area contributed by atoms with Gasteiger partial charge in [0, 0.05) is 62.9 Å². The van der Waals surface area contributed by atoms with E-state index in [0.717, 1.165) is 26.2 Å². The van der Waals surface area contributed by atoms with Crippen molar-refractivity contribution in [3.05, 3.63) is 22.5 Å². The summed E-state index contributed by atoms with van der Waals surface area (Å²) in [5, 5.41) is 3.17. The lowest BCUT2D eigenvalue weighted by Gasteiger charge is -2.54. The zero-order valence-electron chi connectivity index (χ0n) is 13.5. The molecule has 4 rings (SSSR count). The van der Waals surface area contributed by atoms with Crippen LogP contribution in [0.25, 0.3) is 0 Å². The Bertz CT molecular complexity index is 666. The average Bonchev–Trinajstić information content (AvgIpc) is 2.62. The van der Waals surface area contributed by atoms with Crippen LogP contribution in [0.15, 0.2) is 6.07 Å². The van der Waals surface area contributed by atoms with Crippen molar-refractivity contribution in [3.8, 4) is 0 Å². The summed E-state index contributed by atoms with van der Waals surface area (Å²) in [5.41, 5.74) is -0.289. The summed E-state index contributed by atoms with van der Waals surface area (Å²) >= 11 is 5.90. The van der Waals surface area contributed by atoms with Crippen LogP contribution in [-0.4, -0.2) is 60.6 Å². The highest BCUT2D eigenvalue weighted by Gasteiger charge is 2.51. The molecule has 1 N–H and O–H groups in total. The molecular weight excluding hydrogens is 360 g/mol. The van der Waals surface area contributed by atoms with Crippen LogP contribution < -0.4 is 10.2 Å². The molecule has 1 aromatic rings. The third-order valence-electron chi connectivity index (χ3n) is 5.41. The van der Waals surface area contributed by atoms with Gasteiger partial charge in [-0.05, 0) is 6.07 Å². The number of nitrogens with zero attached hydrogens (tertiary/aromatic N) is 3. The molecule has 0 saturated carbocycles. The Morgan fingerprint density at radius 1 is 1.24 bits per heavy atom. The number of anilines is 1. The van der Waals surface area contributed by atoms with E-state index >= 15 is 0 Å². The predicted molar refractivity (Wildman–Crippen MR) is 86.8 cm³/mol. The Hall–Kier alpha value is -1.12. The van der Waals surface area contributed by atoms with E-state index in [1.165, 1.54) is 6.07 Å². The smallest absolute Gasteiger partial charge is 0.280 e. The Morgan fingerprint density at radius 3 is 2.64 bits per heavy atom. The first-order valence-electron chi connectivity index (χ1n) is 8.42. The molecule has 0 radical (unpaired) electrons. The van der Waals surface area contributed by atoms with E-state index in [0.29, 0.717) is 12.2 Å². The van der Waals surface area contributed by atoms with Crippen molar-refractivity contribution < 1.29 is 17.6 Å². The number of fused-ring (bicyclic) bond motifs is 3. The highest BCUT2D eigenvalue weighted by atomic mass is 35.5. The lowest BCUT2D eigenvalue weighted by Crippen LogP contribution is -2.69. The van der Waals surface area contributed by atoms with Gasteiger partial charge in [-0.15, -0.1) is 0 Å². The first-order valence-corrected chi connectivity index (χ1v) is 8.80. The van der Waals surface area contributed by atoms with Crippen LogP contribution in [0.1, 0.15) is 24.1 Å². The fourth-order valence-electron chi connectivity index (χ4n) is 4.22. The number of rotatable bonds is 2. The van der Waals surface area contributed by atoms with E-state index in [1.54, 1.807) is 0 Å². The van der Waals surface area contributed by atoms with Crippen molar-refractivity contribution >= 4 is 17.3 Å². The molecule has 0 bridgehead atoms. The molecule has 0 amide bonds. The number of halogens is 5. The largest absolute Gasteiger partial charge is 0.365 e. The van der Waals surface area contributed by atoms with E-state index in [-0.39, 0.29) is 23.2 Å². The third kappa shape index (κ3) is 3.08. The summed E-state index contributed by atoms with van der Waals surface area (Å²) in [4.78, 5) is 7.65. The van der Waals surface area contributed by atoms with Crippen LogP contribution in [0.4, 0.5) is 23.2 Å². The number of piperazine rings is 1. The van der Waals surface area contributed by atoms with Crippen molar-refractivity contribution in [2.75, 3.05) is 37.6 Å². The van der Waals surface area contributed by atoms with Gasteiger partial charge in [0.2, 0.25) is 0 Å². The molecule has 2 unspecified atom stereocenters. The van der Waals surface area contributed by atoms with Crippen LogP contribution in [-0.2, 0) is 6.42 Å². The Morgan fingerprint density at radius 2 is 1.96 bits per heavy atom. The maximum atomic E-state index is 14.5. The summed E-state index contributed by atoms with van der Waals surface area (Å²) in [6, 6.07) is 1.07. The van der Waals surface area contributed by atoms with Gasteiger partial charge in [-0.25, -0.2) is 22.5 Å². The van der Waals surface area contributed by atoms with Crippen molar-refractivity contribution in [2.24, 2.45) is 0 Å². The summed E-state index contributed by atoms with van der Waals surface area (Å²) < 4.78 is 55.7. The molecule has 4 heterocycles. The van der Waals surface area contributed by atoms with E-state index < -0.39 is 30.5 Å². The quantitative estimate of drug-likeness (QED) is 0.633. The standard InChI is InChI=1S/C16H19ClF4N4/c17-13-5-10-9(14(23-13)15(18)19)6-16(20,21)7-11-12(8-25(10)11)24-3-1-22-2-4-24/h5,11-12,15,22H,1-4,6-8H2. The predicted octanol–water partition coefficient (Wildman–Crippen LogP) is 2.72. The second-order valence-electron chi connectivity index (χ2n) is 6.94. The molecule has 3 aliphatic rings. The van der Waals surface area contributed by atoms with Crippen LogP contribution in [0.5, 0.6) is 0 Å². The summed E-state index contributed by atoms with van der Waals surface area (Å²) in [6.07, 6.45) is -3.98. The van der Waals surface area contributed by atoms with E-state index in [1.807, 2.05) is 4.90 Å². The van der Waals surface area contributed by atoms with E-state index in [9.17, 15) is 17.6 Å². The molecule has 2 atom stereocenters. The highest BCUT2D eigenvalue weighted by molar-refractivity contribution is 6.29. The zero-order chi connectivity index (χ0) is 17.8. The molecule has 2 fully saturated rings. The first-order chi connectivity index (χ1) is 11.9. The molecule has 0 aliphatic carbocycles. The minimum Gasteiger partial charge on any atom is -0.365 e. The van der Waals surface area contributed by atoms with Crippen LogP contribution in [0.3, 0.4) is 0 Å². The monoisotopic (exact) mass is 378 g/mol. The van der Waals surface area contributed by atoms with Crippen molar-refractivity contribution in [2.45, 2.75) is 37.3 Å². The third-order valence-corrected chi connectivity index (χ3v) is 5.60. The van der Waals surface area contributed by atoms with Gasteiger partial charge in [0.15, 0.2) is 0 Å². The van der Waals surface area contributed by atoms with Crippen molar-refractivity contribution in [1.29, 1.82) is 0 Å². The van der Waals surface area contributed by atoms with E-state index in [4.69, 9.17) is 11.6 Å². The van der Waals surface area contributed by atoms with Crippen molar-refractivity contribution in [3.63, 3.8) is 0 Å². The van der Waals surface area contributed by atoms with Crippen molar-refractivity contribution in [1.82, 2.24) is 15.2 Å². The fraction of sp³-hybridized carbons (Fsp3) is 0.688. The number of aromatic nitrogens is 1. The van der Waals surface area contributed by atoms with Gasteiger partial charge in [-0.2, -0.15) is 0 Å². The van der Waals surface area contributed by atoms with Gasteiger partial charge in [-0.1, -0.05) is 11.6 Å². The van der Waals surface area contributed by atoms with Gasteiger partial charge in [0.1, 0.15) is 10.8 Å². The summed E-state index contributed by atoms with van der Waals surface area (Å²) in [6.45, 7) is 3.85. The number of pyridine rings is 1. The highest BCUT2D eigenvalue weighted by Crippen LogP contribution is 2.46. The second-order valence-corrected chi connectivity index (χ2v) is 7.33. The first kappa shape index (κ1) is 17.3. The number of nitrogens with one attached hydrogen (secondary N) is 1. The van der Waals surface area contributed by atoms with Crippen LogP contribution >= 0.6 is 11.6 Å². The maximum absolute atomic E-state index is 14.5. The molecule has 25 heavy (non-hydrogen) atoms. The molecule has 4 nitrogen and oxygen atoms in total. The lowest BCUT2D eigenvalue weighted by atomic mass is 9.89. The SMILES string of the molecule is FC(F)c1nc(Cl)cc2c1CC(F)(F)CC1C(N3CCNCC3)CN21. The minimum absolute atomic E-state index is 0.0147. The number of hydrogen-bond acceptors (Lipinski definition) is 4. The van der Waals surface area contributed by atoms with Gasteiger partial charge in [0.25, 0.3) is 12.3 Å². The second kappa shape index (κ2) is 6.25. The molecule has 2 saturated heterocycles. The van der Waals surface area contributed by atoms with Crippen LogP contribution in [0.2, 0.25) is 5.15 Å². The summed E-state index contributed by atoms with van der Waals surface area (Å²) in [7, 11) is 0. The zero-order valence-corrected chi connectivity index (χ0v) is 14.2. The van der Waals surface area contributed by atoms with Gasteiger partial charge in [-0.3, -0.25) is 4.90 Å². The Kier molecular flexibility index (Phi) is 4.32. The topological polar surface area (TPSA) is 31.4 Å². The molecule has 0 spiro atoms.